The third-order valence-corrected chi connectivity index (χ3v) is 3.17. The van der Waals surface area contributed by atoms with Crippen molar-refractivity contribution in [3.8, 4) is 22.6 Å². The van der Waals surface area contributed by atoms with Crippen molar-refractivity contribution >= 4 is 5.97 Å². The number of carboxylic acids is 1. The van der Waals surface area contributed by atoms with Gasteiger partial charge in [-0.1, -0.05) is 35.5 Å². The van der Waals surface area contributed by atoms with Gasteiger partial charge in [-0.2, -0.15) is 5.10 Å². The van der Waals surface area contributed by atoms with Crippen LogP contribution in [0.15, 0.2) is 47.2 Å². The molecule has 0 aliphatic rings. The molecule has 0 amide bonds. The lowest BCUT2D eigenvalue weighted by Crippen LogP contribution is -1.99. The monoisotopic (exact) mass is 283 g/mol. The summed E-state index contributed by atoms with van der Waals surface area (Å²) < 4.78 is 6.98. The molecule has 0 aliphatic heterocycles. The average molecular weight is 283 g/mol. The van der Waals surface area contributed by atoms with Gasteiger partial charge in [0.15, 0.2) is 5.76 Å². The molecule has 0 aliphatic carbocycles. The van der Waals surface area contributed by atoms with Gasteiger partial charge in [0.2, 0.25) is 0 Å². The molecule has 1 N–H and O–H groups in total. The smallest absolute Gasteiger partial charge is 0.342 e. The molecule has 2 aromatic heterocycles. The van der Waals surface area contributed by atoms with E-state index in [4.69, 9.17) is 4.52 Å². The van der Waals surface area contributed by atoms with Crippen molar-refractivity contribution < 1.29 is 14.4 Å². The zero-order valence-electron chi connectivity index (χ0n) is 11.4. The van der Waals surface area contributed by atoms with Gasteiger partial charge in [0, 0.05) is 23.9 Å². The molecular formula is C15H13N3O3. The number of rotatable bonds is 4. The SMILES string of the molecule is CCn1cc(-c2noc(-c3ccccc3)c2C(=O)O)cn1. The largest absolute Gasteiger partial charge is 0.477 e. The van der Waals surface area contributed by atoms with Gasteiger partial charge in [-0.25, -0.2) is 4.79 Å². The fourth-order valence-electron chi connectivity index (χ4n) is 2.13. The molecule has 6 nitrogen and oxygen atoms in total. The highest BCUT2D eigenvalue weighted by atomic mass is 16.5. The first-order valence-corrected chi connectivity index (χ1v) is 6.52. The number of benzene rings is 1. The summed E-state index contributed by atoms with van der Waals surface area (Å²) in [6.07, 6.45) is 3.33. The molecule has 1 aromatic carbocycles. The minimum Gasteiger partial charge on any atom is -0.477 e. The first-order valence-electron chi connectivity index (χ1n) is 6.52. The molecule has 21 heavy (non-hydrogen) atoms. The first kappa shape index (κ1) is 13.1. The van der Waals surface area contributed by atoms with E-state index in [1.165, 1.54) is 0 Å². The van der Waals surface area contributed by atoms with Gasteiger partial charge in [-0.15, -0.1) is 0 Å². The summed E-state index contributed by atoms with van der Waals surface area (Å²) in [6.45, 7) is 2.65. The molecule has 0 unspecified atom stereocenters. The van der Waals surface area contributed by atoms with Gasteiger partial charge in [0.25, 0.3) is 0 Å². The summed E-state index contributed by atoms with van der Waals surface area (Å²) in [7, 11) is 0. The highest BCUT2D eigenvalue weighted by molar-refractivity contribution is 6.00. The van der Waals surface area contributed by atoms with Crippen molar-refractivity contribution in [1.82, 2.24) is 14.9 Å². The number of carboxylic acid groups (broad SMARTS) is 1. The maximum Gasteiger partial charge on any atom is 0.342 e. The Kier molecular flexibility index (Phi) is 3.27. The summed E-state index contributed by atoms with van der Waals surface area (Å²) in [5, 5.41) is 17.6. The van der Waals surface area contributed by atoms with Crippen LogP contribution >= 0.6 is 0 Å². The van der Waals surface area contributed by atoms with E-state index >= 15 is 0 Å². The lowest BCUT2D eigenvalue weighted by Gasteiger charge is -1.98. The second-order valence-corrected chi connectivity index (χ2v) is 4.49. The zero-order valence-corrected chi connectivity index (χ0v) is 11.4. The van der Waals surface area contributed by atoms with E-state index in [1.807, 2.05) is 25.1 Å². The summed E-state index contributed by atoms with van der Waals surface area (Å²) in [5.74, 6) is -0.822. The van der Waals surface area contributed by atoms with Crippen LogP contribution in [0.5, 0.6) is 0 Å². The molecule has 0 spiro atoms. The fraction of sp³-hybridized carbons (Fsp3) is 0.133. The van der Waals surface area contributed by atoms with Crippen LogP contribution in [-0.4, -0.2) is 26.0 Å². The maximum absolute atomic E-state index is 11.6. The number of aromatic carboxylic acids is 1. The van der Waals surface area contributed by atoms with Crippen molar-refractivity contribution in [2.45, 2.75) is 13.5 Å². The van der Waals surface area contributed by atoms with Crippen molar-refractivity contribution in [3.63, 3.8) is 0 Å². The van der Waals surface area contributed by atoms with Gasteiger partial charge in [-0.3, -0.25) is 4.68 Å². The number of nitrogens with zero attached hydrogens (tertiary/aromatic N) is 3. The first-order chi connectivity index (χ1) is 10.2. The van der Waals surface area contributed by atoms with Crippen molar-refractivity contribution in [1.29, 1.82) is 0 Å². The number of hydrogen-bond acceptors (Lipinski definition) is 4. The molecule has 0 bridgehead atoms. The lowest BCUT2D eigenvalue weighted by molar-refractivity contribution is 0.0698. The topological polar surface area (TPSA) is 81.2 Å². The van der Waals surface area contributed by atoms with Crippen molar-refractivity contribution in [3.05, 3.63) is 48.3 Å². The Morgan fingerprint density at radius 1 is 1.29 bits per heavy atom. The van der Waals surface area contributed by atoms with Gasteiger partial charge in [0.1, 0.15) is 11.3 Å². The average Bonchev–Trinajstić information content (AvgIpc) is 3.14. The van der Waals surface area contributed by atoms with Crippen LogP contribution in [0.4, 0.5) is 0 Å². The minimum absolute atomic E-state index is 0.0526. The molecule has 106 valence electrons. The Labute approximate surface area is 120 Å². The lowest BCUT2D eigenvalue weighted by atomic mass is 10.0. The Morgan fingerprint density at radius 2 is 2.05 bits per heavy atom. The van der Waals surface area contributed by atoms with E-state index < -0.39 is 5.97 Å². The van der Waals surface area contributed by atoms with Crippen LogP contribution < -0.4 is 0 Å². The standard InChI is InChI=1S/C15H13N3O3/c1-2-18-9-11(8-16-18)13-12(15(19)20)14(21-17-13)10-6-4-3-5-7-10/h3-9H,2H2,1H3,(H,19,20). The summed E-state index contributed by atoms with van der Waals surface area (Å²) in [6, 6.07) is 9.06. The molecule has 0 fully saturated rings. The second kappa shape index (κ2) is 5.24. The molecule has 6 heteroatoms. The Bertz CT molecular complexity index is 775. The van der Waals surface area contributed by atoms with E-state index in [0.29, 0.717) is 23.4 Å². The van der Waals surface area contributed by atoms with Crippen LogP contribution in [0, 0.1) is 0 Å². The van der Waals surface area contributed by atoms with Crippen molar-refractivity contribution in [2.24, 2.45) is 0 Å². The molecule has 0 saturated heterocycles. The Balaban J connectivity index is 2.15. The van der Waals surface area contributed by atoms with Gasteiger partial charge < -0.3 is 9.63 Å². The molecule has 3 rings (SSSR count). The predicted molar refractivity (Wildman–Crippen MR) is 75.8 cm³/mol. The predicted octanol–water partition coefficient (Wildman–Crippen LogP) is 2.92. The zero-order chi connectivity index (χ0) is 14.8. The molecular weight excluding hydrogens is 270 g/mol. The minimum atomic E-state index is -1.07. The van der Waals surface area contributed by atoms with Crippen molar-refractivity contribution in [2.75, 3.05) is 0 Å². The second-order valence-electron chi connectivity index (χ2n) is 4.49. The molecule has 0 radical (unpaired) electrons. The van der Waals surface area contributed by atoms with Gasteiger partial charge >= 0.3 is 5.97 Å². The van der Waals surface area contributed by atoms with Gasteiger partial charge in [0.05, 0.1) is 6.20 Å². The summed E-state index contributed by atoms with van der Waals surface area (Å²) in [4.78, 5) is 11.6. The Morgan fingerprint density at radius 3 is 2.67 bits per heavy atom. The highest BCUT2D eigenvalue weighted by Crippen LogP contribution is 2.31. The Hall–Kier alpha value is -2.89. The van der Waals surface area contributed by atoms with Crippen LogP contribution in [0.2, 0.25) is 0 Å². The van der Waals surface area contributed by atoms with Crippen LogP contribution in [0.25, 0.3) is 22.6 Å². The van der Waals surface area contributed by atoms with E-state index in [1.54, 1.807) is 29.2 Å². The number of aryl methyl sites for hydroxylation is 1. The molecule has 2 heterocycles. The number of hydrogen-bond donors (Lipinski definition) is 1. The van der Waals surface area contributed by atoms with Gasteiger partial charge in [-0.05, 0) is 6.92 Å². The molecule has 3 aromatic rings. The van der Waals surface area contributed by atoms with Crippen LogP contribution in [0.3, 0.4) is 0 Å². The molecule has 0 saturated carbocycles. The van der Waals surface area contributed by atoms with E-state index in [9.17, 15) is 9.90 Å². The number of carbonyl (C=O) groups is 1. The van der Waals surface area contributed by atoms with E-state index in [0.717, 1.165) is 0 Å². The van der Waals surface area contributed by atoms with Crippen LogP contribution in [0.1, 0.15) is 17.3 Å². The number of aromatic nitrogens is 3. The third kappa shape index (κ3) is 2.31. The summed E-state index contributed by atoms with van der Waals surface area (Å²) in [5.41, 5.74) is 1.65. The quantitative estimate of drug-likeness (QED) is 0.796. The summed E-state index contributed by atoms with van der Waals surface area (Å²) >= 11 is 0. The van der Waals surface area contributed by atoms with E-state index in [2.05, 4.69) is 10.3 Å². The maximum atomic E-state index is 11.6. The normalized spacial score (nSPS) is 10.7. The van der Waals surface area contributed by atoms with E-state index in [-0.39, 0.29) is 11.3 Å². The van der Waals surface area contributed by atoms with Crippen LogP contribution in [-0.2, 0) is 6.54 Å². The molecule has 0 atom stereocenters. The highest BCUT2D eigenvalue weighted by Gasteiger charge is 2.25. The fourth-order valence-corrected chi connectivity index (χ4v) is 2.13. The third-order valence-electron chi connectivity index (χ3n) is 3.17.